The highest BCUT2D eigenvalue weighted by atomic mass is 16.4. The molecule has 0 aromatic heterocycles. The predicted molar refractivity (Wildman–Crippen MR) is 68.5 cm³/mol. The van der Waals surface area contributed by atoms with Gasteiger partial charge < -0.3 is 5.11 Å². The van der Waals surface area contributed by atoms with Gasteiger partial charge in [-0.1, -0.05) is 31.6 Å². The zero-order valence-electron chi connectivity index (χ0n) is 10.9. The third kappa shape index (κ3) is 8.27. The van der Waals surface area contributed by atoms with Gasteiger partial charge in [-0.3, -0.25) is 0 Å². The number of allylic oxidation sites excluding steroid dienone is 3. The molecule has 2 nitrogen and oxygen atoms in total. The summed E-state index contributed by atoms with van der Waals surface area (Å²) in [6, 6.07) is 0. The molecule has 2 heteroatoms. The van der Waals surface area contributed by atoms with Crippen LogP contribution in [-0.4, -0.2) is 11.1 Å². The van der Waals surface area contributed by atoms with E-state index < -0.39 is 5.97 Å². The molecule has 0 aliphatic rings. The molecule has 0 fully saturated rings. The summed E-state index contributed by atoms with van der Waals surface area (Å²) in [5.74, 6) is -0.0698. The van der Waals surface area contributed by atoms with Gasteiger partial charge in [0.05, 0.1) is 0 Å². The zero-order chi connectivity index (χ0) is 12.6. The molecule has 0 heterocycles. The minimum absolute atomic E-state index is 0.440. The van der Waals surface area contributed by atoms with Gasteiger partial charge >= 0.3 is 5.97 Å². The van der Waals surface area contributed by atoms with E-state index in [1.54, 1.807) is 13.0 Å². The van der Waals surface area contributed by atoms with Crippen molar-refractivity contribution < 1.29 is 9.90 Å². The first kappa shape index (κ1) is 14.9. The molecule has 0 spiro atoms. The fourth-order valence-corrected chi connectivity index (χ4v) is 1.37. The molecule has 92 valence electrons. The maximum Gasteiger partial charge on any atom is 0.330 e. The van der Waals surface area contributed by atoms with Gasteiger partial charge in [-0.2, -0.15) is 0 Å². The van der Waals surface area contributed by atoms with Crippen LogP contribution in [-0.2, 0) is 4.79 Å². The van der Waals surface area contributed by atoms with Crippen LogP contribution in [0, 0.1) is 5.92 Å². The quantitative estimate of drug-likeness (QED) is 0.520. The first-order valence-corrected chi connectivity index (χ1v) is 5.99. The van der Waals surface area contributed by atoms with Crippen molar-refractivity contribution in [1.82, 2.24) is 0 Å². The van der Waals surface area contributed by atoms with E-state index in [0.717, 1.165) is 25.2 Å². The summed E-state index contributed by atoms with van der Waals surface area (Å²) < 4.78 is 0. The Morgan fingerprint density at radius 2 is 1.81 bits per heavy atom. The van der Waals surface area contributed by atoms with Crippen LogP contribution < -0.4 is 0 Å². The fourth-order valence-electron chi connectivity index (χ4n) is 1.37. The molecule has 0 aromatic carbocycles. The summed E-state index contributed by atoms with van der Waals surface area (Å²) in [7, 11) is 0. The number of aliphatic carboxylic acids is 1. The van der Waals surface area contributed by atoms with Crippen LogP contribution in [0.15, 0.2) is 23.3 Å². The lowest BCUT2D eigenvalue weighted by Gasteiger charge is -2.02. The highest BCUT2D eigenvalue weighted by molar-refractivity contribution is 5.85. The van der Waals surface area contributed by atoms with Gasteiger partial charge in [0.15, 0.2) is 0 Å². The third-order valence-corrected chi connectivity index (χ3v) is 2.56. The topological polar surface area (TPSA) is 37.3 Å². The van der Waals surface area contributed by atoms with Crippen molar-refractivity contribution in [2.75, 3.05) is 0 Å². The highest BCUT2D eigenvalue weighted by Gasteiger charge is 1.98. The Labute approximate surface area is 99.1 Å². The van der Waals surface area contributed by atoms with E-state index in [0.29, 0.717) is 5.57 Å². The van der Waals surface area contributed by atoms with Crippen molar-refractivity contribution in [3.63, 3.8) is 0 Å². The van der Waals surface area contributed by atoms with E-state index in [4.69, 9.17) is 5.11 Å². The molecule has 1 N–H and O–H groups in total. The van der Waals surface area contributed by atoms with Gasteiger partial charge in [-0.15, -0.1) is 0 Å². The lowest BCUT2D eigenvalue weighted by molar-refractivity contribution is -0.132. The summed E-state index contributed by atoms with van der Waals surface area (Å²) in [5.41, 5.74) is 1.80. The molecule has 0 rings (SSSR count). The van der Waals surface area contributed by atoms with Crippen molar-refractivity contribution in [2.45, 2.75) is 53.4 Å². The second-order valence-corrected chi connectivity index (χ2v) is 4.75. The van der Waals surface area contributed by atoms with Crippen LogP contribution in [0.1, 0.15) is 53.4 Å². The first-order chi connectivity index (χ1) is 7.43. The molecule has 0 radical (unpaired) electrons. The third-order valence-electron chi connectivity index (χ3n) is 2.56. The monoisotopic (exact) mass is 224 g/mol. The summed E-state index contributed by atoms with van der Waals surface area (Å²) in [4.78, 5) is 10.5. The second kappa shape index (κ2) is 8.14. The van der Waals surface area contributed by atoms with E-state index in [-0.39, 0.29) is 0 Å². The summed E-state index contributed by atoms with van der Waals surface area (Å²) in [5, 5.41) is 8.67. The van der Waals surface area contributed by atoms with E-state index >= 15 is 0 Å². The van der Waals surface area contributed by atoms with Gasteiger partial charge in [0.1, 0.15) is 0 Å². The predicted octanol–water partition coefficient (Wildman–Crippen LogP) is 4.18. The molecular formula is C14H24O2. The van der Waals surface area contributed by atoms with E-state index in [9.17, 15) is 4.79 Å². The Hall–Kier alpha value is -1.05. The number of hydrogen-bond donors (Lipinski definition) is 1. The minimum Gasteiger partial charge on any atom is -0.478 e. The standard InChI is InChI=1S/C14H24O2/c1-11(2)7-5-8-12(3)9-6-10-13(4)14(15)16/h8,10-11H,5-7,9H2,1-4H3,(H,15,16)/b12-8+,13-10+. The zero-order valence-corrected chi connectivity index (χ0v) is 10.9. The average Bonchev–Trinajstić information content (AvgIpc) is 2.16. The maximum absolute atomic E-state index is 10.5. The fraction of sp³-hybridized carbons (Fsp3) is 0.643. The van der Waals surface area contributed by atoms with Crippen molar-refractivity contribution >= 4 is 5.97 Å². The number of rotatable bonds is 7. The first-order valence-electron chi connectivity index (χ1n) is 5.99. The van der Waals surface area contributed by atoms with Gasteiger partial charge in [-0.05, 0) is 45.4 Å². The molecule has 0 amide bonds. The maximum atomic E-state index is 10.5. The second-order valence-electron chi connectivity index (χ2n) is 4.75. The van der Waals surface area contributed by atoms with Crippen LogP contribution in [0.25, 0.3) is 0 Å². The Kier molecular flexibility index (Phi) is 7.61. The van der Waals surface area contributed by atoms with Crippen LogP contribution in [0.4, 0.5) is 0 Å². The largest absolute Gasteiger partial charge is 0.478 e. The number of carbonyl (C=O) groups is 1. The molecule has 0 saturated carbocycles. The van der Waals surface area contributed by atoms with E-state index in [1.807, 2.05) is 0 Å². The Morgan fingerprint density at radius 1 is 1.19 bits per heavy atom. The Morgan fingerprint density at radius 3 is 2.31 bits per heavy atom. The Balaban J connectivity index is 3.84. The molecule has 0 aliphatic carbocycles. The van der Waals surface area contributed by atoms with Crippen molar-refractivity contribution in [3.05, 3.63) is 23.3 Å². The van der Waals surface area contributed by atoms with E-state index in [1.165, 1.54) is 12.0 Å². The summed E-state index contributed by atoms with van der Waals surface area (Å²) in [6.45, 7) is 8.20. The molecule has 0 aromatic rings. The van der Waals surface area contributed by atoms with Crippen LogP contribution >= 0.6 is 0 Å². The van der Waals surface area contributed by atoms with Gasteiger partial charge in [0, 0.05) is 5.57 Å². The van der Waals surface area contributed by atoms with Crippen LogP contribution in [0.3, 0.4) is 0 Å². The summed E-state index contributed by atoms with van der Waals surface area (Å²) in [6.07, 6.45) is 8.20. The van der Waals surface area contributed by atoms with Crippen molar-refractivity contribution in [1.29, 1.82) is 0 Å². The number of hydrogen-bond acceptors (Lipinski definition) is 1. The highest BCUT2D eigenvalue weighted by Crippen LogP contribution is 2.11. The van der Waals surface area contributed by atoms with Gasteiger partial charge in [0.25, 0.3) is 0 Å². The van der Waals surface area contributed by atoms with Crippen molar-refractivity contribution in [3.8, 4) is 0 Å². The van der Waals surface area contributed by atoms with Gasteiger partial charge in [0.2, 0.25) is 0 Å². The van der Waals surface area contributed by atoms with Gasteiger partial charge in [-0.25, -0.2) is 4.79 Å². The Bertz CT molecular complexity index is 272. The normalized spacial score (nSPS) is 13.3. The molecule has 0 bridgehead atoms. The van der Waals surface area contributed by atoms with Crippen LogP contribution in [0.2, 0.25) is 0 Å². The summed E-state index contributed by atoms with van der Waals surface area (Å²) >= 11 is 0. The minimum atomic E-state index is -0.818. The lowest BCUT2D eigenvalue weighted by atomic mass is 10.0. The molecule has 0 atom stereocenters. The van der Waals surface area contributed by atoms with E-state index in [2.05, 4.69) is 26.8 Å². The van der Waals surface area contributed by atoms with Crippen LogP contribution in [0.5, 0.6) is 0 Å². The molecule has 16 heavy (non-hydrogen) atoms. The average molecular weight is 224 g/mol. The number of carboxylic acids is 1. The SMILES string of the molecule is C/C(=C\CCC(C)C)CC/C=C(\C)C(=O)O. The molecule has 0 aliphatic heterocycles. The van der Waals surface area contributed by atoms with Crippen molar-refractivity contribution in [2.24, 2.45) is 5.92 Å². The molecule has 0 saturated heterocycles. The lowest BCUT2D eigenvalue weighted by Crippen LogP contribution is -1.95. The smallest absolute Gasteiger partial charge is 0.330 e. The molecular weight excluding hydrogens is 200 g/mol. The number of carboxylic acid groups (broad SMARTS) is 1. The molecule has 0 unspecified atom stereocenters.